The zero-order valence-electron chi connectivity index (χ0n) is 25.1. The molecule has 0 aliphatic rings. The Balaban J connectivity index is 1.47. The summed E-state index contributed by atoms with van der Waals surface area (Å²) >= 11 is 0. The van der Waals surface area contributed by atoms with Gasteiger partial charge < -0.3 is 19.5 Å². The summed E-state index contributed by atoms with van der Waals surface area (Å²) in [5, 5.41) is 3.81. The molecule has 42 heavy (non-hydrogen) atoms. The maximum atomic E-state index is 12.8. The van der Waals surface area contributed by atoms with Crippen molar-refractivity contribution in [2.75, 3.05) is 50.2 Å². The fraction of sp³-hybridized carbons (Fsp3) is 0.353. The smallest absolute Gasteiger partial charge is 0.332 e. The van der Waals surface area contributed by atoms with E-state index in [0.717, 1.165) is 84.8 Å². The van der Waals surface area contributed by atoms with E-state index in [-0.39, 0.29) is 0 Å². The minimum absolute atomic E-state index is 0.669. The summed E-state index contributed by atoms with van der Waals surface area (Å²) in [4.78, 5) is 40.8. The van der Waals surface area contributed by atoms with Crippen molar-refractivity contribution in [1.29, 1.82) is 0 Å². The Labute approximate surface area is 248 Å². The van der Waals surface area contributed by atoms with Crippen LogP contribution in [0.1, 0.15) is 38.8 Å². The summed E-state index contributed by atoms with van der Waals surface area (Å²) in [5.41, 5.74) is 8.88. The van der Waals surface area contributed by atoms with Gasteiger partial charge in [0.25, 0.3) is 0 Å². The van der Waals surface area contributed by atoms with Crippen molar-refractivity contribution in [2.24, 2.45) is 0 Å². The van der Waals surface area contributed by atoms with E-state index in [1.807, 2.05) is 60.7 Å². The number of benzene rings is 4. The normalized spacial score (nSPS) is 11.3. The molecule has 2 N–H and O–H groups in total. The first-order valence-corrected chi connectivity index (χ1v) is 14.9. The summed E-state index contributed by atoms with van der Waals surface area (Å²) in [7, 11) is 0. The molecule has 0 radical (unpaired) electrons. The molecule has 222 valence electrons. The van der Waals surface area contributed by atoms with Crippen LogP contribution in [0.3, 0.4) is 0 Å². The third kappa shape index (κ3) is 7.57. The largest absolute Gasteiger partial charge is 0.443 e. The van der Waals surface area contributed by atoms with Crippen LogP contribution < -0.4 is 11.0 Å². The summed E-state index contributed by atoms with van der Waals surface area (Å²) in [6.07, 6.45) is 1.52. The SMILES string of the molecule is CCN(CC)CCc1ccc2ccccc2c1NOC(=O)C(=O)ONc1c(CCN(CC)CC)ccc2ccccc12. The predicted molar refractivity (Wildman–Crippen MR) is 170 cm³/mol. The highest BCUT2D eigenvalue weighted by Crippen LogP contribution is 2.30. The van der Waals surface area contributed by atoms with Gasteiger partial charge in [-0.3, -0.25) is 0 Å². The molecule has 4 rings (SSSR count). The van der Waals surface area contributed by atoms with Crippen molar-refractivity contribution in [3.63, 3.8) is 0 Å². The van der Waals surface area contributed by atoms with Gasteiger partial charge in [0.05, 0.1) is 11.4 Å². The number of likely N-dealkylation sites (N-methyl/N-ethyl adjacent to an activating group) is 2. The number of rotatable bonds is 14. The third-order valence-corrected chi connectivity index (χ3v) is 7.87. The Morgan fingerprint density at radius 3 is 1.33 bits per heavy atom. The van der Waals surface area contributed by atoms with Crippen molar-refractivity contribution >= 4 is 44.9 Å². The van der Waals surface area contributed by atoms with Gasteiger partial charge >= 0.3 is 11.9 Å². The van der Waals surface area contributed by atoms with E-state index in [1.165, 1.54) is 0 Å². The van der Waals surface area contributed by atoms with Gasteiger partial charge in [-0.1, -0.05) is 100 Å². The number of nitrogens with zero attached hydrogens (tertiary/aromatic N) is 2. The van der Waals surface area contributed by atoms with Gasteiger partial charge in [0, 0.05) is 23.9 Å². The van der Waals surface area contributed by atoms with E-state index >= 15 is 0 Å². The van der Waals surface area contributed by atoms with Crippen molar-refractivity contribution in [2.45, 2.75) is 40.5 Å². The molecule has 0 spiro atoms. The van der Waals surface area contributed by atoms with Gasteiger partial charge in [-0.2, -0.15) is 0 Å². The summed E-state index contributed by atoms with van der Waals surface area (Å²) < 4.78 is 0. The quantitative estimate of drug-likeness (QED) is 0.137. The first kappa shape index (κ1) is 30.8. The van der Waals surface area contributed by atoms with Crippen LogP contribution >= 0.6 is 0 Å². The predicted octanol–water partition coefficient (Wildman–Crippen LogP) is 6.20. The molecule has 4 aromatic carbocycles. The average molecular weight is 571 g/mol. The van der Waals surface area contributed by atoms with Gasteiger partial charge in [-0.15, -0.1) is 0 Å². The molecule has 4 aromatic rings. The van der Waals surface area contributed by atoms with Crippen molar-refractivity contribution in [1.82, 2.24) is 9.80 Å². The first-order chi connectivity index (χ1) is 20.5. The number of nitrogens with one attached hydrogen (secondary N) is 2. The number of fused-ring (bicyclic) bond motifs is 2. The molecule has 8 heteroatoms. The van der Waals surface area contributed by atoms with E-state index in [1.54, 1.807) is 0 Å². The van der Waals surface area contributed by atoms with Gasteiger partial charge in [0.15, 0.2) is 0 Å². The van der Waals surface area contributed by atoms with Crippen LogP contribution in [0.2, 0.25) is 0 Å². The highest BCUT2D eigenvalue weighted by atomic mass is 16.7. The second kappa shape index (κ2) is 15.2. The minimum atomic E-state index is -1.14. The number of carbonyl (C=O) groups is 2. The highest BCUT2D eigenvalue weighted by molar-refractivity contribution is 6.30. The van der Waals surface area contributed by atoms with Gasteiger partial charge in [0.2, 0.25) is 0 Å². The molecule has 0 aromatic heterocycles. The lowest BCUT2D eigenvalue weighted by molar-refractivity contribution is -0.164. The molecule has 0 heterocycles. The average Bonchev–Trinajstić information content (AvgIpc) is 3.03. The van der Waals surface area contributed by atoms with Crippen LogP contribution in [0.15, 0.2) is 72.8 Å². The van der Waals surface area contributed by atoms with Crippen LogP contribution in [-0.2, 0) is 32.1 Å². The Bertz CT molecular complexity index is 1380. The molecule has 0 saturated heterocycles. The number of anilines is 2. The fourth-order valence-corrected chi connectivity index (χ4v) is 5.21. The van der Waals surface area contributed by atoms with Crippen molar-refractivity contribution in [3.05, 3.63) is 83.9 Å². The third-order valence-electron chi connectivity index (χ3n) is 7.87. The molecule has 0 atom stereocenters. The molecule has 0 amide bonds. The molecule has 0 fully saturated rings. The van der Waals surface area contributed by atoms with Gasteiger partial charge in [-0.05, 0) is 60.9 Å². The van der Waals surface area contributed by atoms with E-state index in [2.05, 4.69) is 60.6 Å². The van der Waals surface area contributed by atoms with Crippen LogP contribution in [0.5, 0.6) is 0 Å². The lowest BCUT2D eigenvalue weighted by atomic mass is 10.0. The molecule has 0 saturated carbocycles. The maximum Gasteiger partial charge on any atom is 0.443 e. The van der Waals surface area contributed by atoms with Crippen molar-refractivity contribution in [3.8, 4) is 0 Å². The van der Waals surface area contributed by atoms with Crippen LogP contribution in [0.25, 0.3) is 21.5 Å². The number of hydrogen-bond donors (Lipinski definition) is 2. The van der Waals surface area contributed by atoms with Gasteiger partial charge in [-0.25, -0.2) is 20.5 Å². The molecule has 0 bridgehead atoms. The lowest BCUT2D eigenvalue weighted by Crippen LogP contribution is -2.27. The Morgan fingerprint density at radius 1 is 0.571 bits per heavy atom. The maximum absolute atomic E-state index is 12.8. The number of carbonyl (C=O) groups excluding carboxylic acids is 2. The minimum Gasteiger partial charge on any atom is -0.332 e. The van der Waals surface area contributed by atoms with Crippen molar-refractivity contribution < 1.29 is 19.3 Å². The second-order valence-corrected chi connectivity index (χ2v) is 10.2. The van der Waals surface area contributed by atoms with E-state index in [0.29, 0.717) is 11.4 Å². The van der Waals surface area contributed by atoms with Crippen LogP contribution in [-0.4, -0.2) is 61.0 Å². The molecule has 0 unspecified atom stereocenters. The van der Waals surface area contributed by atoms with E-state index < -0.39 is 11.9 Å². The number of hydrogen-bond acceptors (Lipinski definition) is 8. The zero-order chi connectivity index (χ0) is 29.9. The van der Waals surface area contributed by atoms with Crippen LogP contribution in [0.4, 0.5) is 11.4 Å². The Kier molecular flexibility index (Phi) is 11.1. The van der Waals surface area contributed by atoms with Crippen LogP contribution in [0, 0.1) is 0 Å². The zero-order valence-corrected chi connectivity index (χ0v) is 25.1. The van der Waals surface area contributed by atoms with E-state index in [4.69, 9.17) is 9.68 Å². The first-order valence-electron chi connectivity index (χ1n) is 14.9. The van der Waals surface area contributed by atoms with Gasteiger partial charge in [0.1, 0.15) is 0 Å². The topological polar surface area (TPSA) is 83.1 Å². The molecule has 0 aliphatic carbocycles. The Morgan fingerprint density at radius 2 is 0.952 bits per heavy atom. The highest BCUT2D eigenvalue weighted by Gasteiger charge is 2.21. The molecule has 8 nitrogen and oxygen atoms in total. The molecular weight excluding hydrogens is 528 g/mol. The monoisotopic (exact) mass is 570 g/mol. The standard InChI is InChI=1S/C34H42N4O4/c1-5-37(6-2)23-21-27-19-17-25-13-9-11-15-29(25)31(27)35-41-33(39)34(40)42-36-32-28(22-24-38(7-3)8-4)20-18-26-14-10-12-16-30(26)32/h9-20,35-36H,5-8,21-24H2,1-4H3. The summed E-state index contributed by atoms with van der Waals surface area (Å²) in [5.74, 6) is -2.29. The van der Waals surface area contributed by atoms with E-state index in [9.17, 15) is 9.59 Å². The molecule has 0 aliphatic heterocycles. The molecular formula is C34H42N4O4. The Hall–Kier alpha value is -4.14. The lowest BCUT2D eigenvalue weighted by Gasteiger charge is -2.20. The fourth-order valence-electron chi connectivity index (χ4n) is 5.21. The second-order valence-electron chi connectivity index (χ2n) is 10.2. The summed E-state index contributed by atoms with van der Waals surface area (Å²) in [6.45, 7) is 14.1. The summed E-state index contributed by atoms with van der Waals surface area (Å²) in [6, 6.07) is 23.9.